The van der Waals surface area contributed by atoms with Crippen molar-refractivity contribution in [3.05, 3.63) is 40.7 Å². The molecule has 0 amide bonds. The lowest BCUT2D eigenvalue weighted by Crippen LogP contribution is -2.09. The molecule has 1 aromatic heterocycles. The summed E-state index contributed by atoms with van der Waals surface area (Å²) in [6.45, 7) is 5.71. The van der Waals surface area contributed by atoms with Crippen LogP contribution >= 0.6 is 0 Å². The van der Waals surface area contributed by atoms with Crippen LogP contribution in [0.1, 0.15) is 117 Å². The molecule has 2 aromatic rings. The normalized spacial score (nSPS) is 10.9. The van der Waals surface area contributed by atoms with Gasteiger partial charge in [-0.1, -0.05) is 104 Å². The first-order chi connectivity index (χ1) is 18.7. The SMILES string of the molecule is CCCCCCCCCCCCCCCCNc1ncnc(Nc2ccc(OCCCC)cc2)c1[N+](=O)[O-]. The molecule has 0 aliphatic carbocycles. The Bertz CT molecular complexity index is 892. The smallest absolute Gasteiger partial charge is 0.353 e. The molecule has 0 fully saturated rings. The first-order valence-corrected chi connectivity index (χ1v) is 14.9. The average molecular weight is 528 g/mol. The number of nitro groups is 1. The summed E-state index contributed by atoms with van der Waals surface area (Å²) in [6, 6.07) is 7.35. The second-order valence-electron chi connectivity index (χ2n) is 10.1. The van der Waals surface area contributed by atoms with Crippen LogP contribution in [0.3, 0.4) is 0 Å². The maximum atomic E-state index is 11.8. The van der Waals surface area contributed by atoms with E-state index in [4.69, 9.17) is 4.74 Å². The van der Waals surface area contributed by atoms with Gasteiger partial charge in [-0.25, -0.2) is 9.97 Å². The molecule has 1 aromatic carbocycles. The van der Waals surface area contributed by atoms with Gasteiger partial charge < -0.3 is 15.4 Å². The molecule has 1 heterocycles. The fraction of sp³-hybridized carbons (Fsp3) is 0.667. The van der Waals surface area contributed by atoms with Gasteiger partial charge in [-0.2, -0.15) is 0 Å². The predicted molar refractivity (Wildman–Crippen MR) is 158 cm³/mol. The Labute approximate surface area is 229 Å². The molecule has 8 heteroatoms. The van der Waals surface area contributed by atoms with E-state index < -0.39 is 4.92 Å². The van der Waals surface area contributed by atoms with Crippen LogP contribution in [0.5, 0.6) is 5.75 Å². The van der Waals surface area contributed by atoms with Crippen molar-refractivity contribution in [2.75, 3.05) is 23.8 Å². The number of anilines is 3. The minimum atomic E-state index is -0.432. The zero-order valence-corrected chi connectivity index (χ0v) is 23.7. The third kappa shape index (κ3) is 13.1. The fourth-order valence-electron chi connectivity index (χ4n) is 4.40. The van der Waals surface area contributed by atoms with E-state index in [2.05, 4.69) is 34.4 Å². The fourth-order valence-corrected chi connectivity index (χ4v) is 4.40. The Morgan fingerprint density at radius 3 is 1.82 bits per heavy atom. The predicted octanol–water partition coefficient (Wildman–Crippen LogP) is 9.20. The Hall–Kier alpha value is -2.90. The second-order valence-corrected chi connectivity index (χ2v) is 10.1. The molecule has 0 atom stereocenters. The van der Waals surface area contributed by atoms with E-state index in [1.54, 1.807) is 0 Å². The quantitative estimate of drug-likeness (QED) is 0.0843. The molecule has 0 bridgehead atoms. The molecular formula is C30H49N5O3. The van der Waals surface area contributed by atoms with Gasteiger partial charge in [0.2, 0.25) is 11.6 Å². The van der Waals surface area contributed by atoms with Crippen molar-refractivity contribution in [3.63, 3.8) is 0 Å². The van der Waals surface area contributed by atoms with E-state index in [1.165, 1.54) is 83.4 Å². The van der Waals surface area contributed by atoms with Crippen LogP contribution in [-0.2, 0) is 0 Å². The first-order valence-electron chi connectivity index (χ1n) is 14.9. The molecule has 2 rings (SSSR count). The van der Waals surface area contributed by atoms with Gasteiger partial charge in [-0.15, -0.1) is 0 Å². The van der Waals surface area contributed by atoms with Crippen LogP contribution in [0.4, 0.5) is 23.0 Å². The molecule has 0 aliphatic rings. The highest BCUT2D eigenvalue weighted by Crippen LogP contribution is 2.31. The number of nitrogens with zero attached hydrogens (tertiary/aromatic N) is 3. The van der Waals surface area contributed by atoms with Crippen LogP contribution < -0.4 is 15.4 Å². The molecule has 8 nitrogen and oxygen atoms in total. The highest BCUT2D eigenvalue weighted by Gasteiger charge is 2.23. The van der Waals surface area contributed by atoms with Crippen LogP contribution in [0, 0.1) is 10.1 Å². The maximum Gasteiger partial charge on any atom is 0.353 e. The van der Waals surface area contributed by atoms with Crippen LogP contribution in [0.2, 0.25) is 0 Å². The highest BCUT2D eigenvalue weighted by atomic mass is 16.6. The third-order valence-corrected chi connectivity index (χ3v) is 6.71. The molecule has 0 spiro atoms. The number of unbranched alkanes of at least 4 members (excludes halogenated alkanes) is 14. The van der Waals surface area contributed by atoms with Gasteiger partial charge in [0.15, 0.2) is 0 Å². The Balaban J connectivity index is 1.66. The molecule has 2 N–H and O–H groups in total. The van der Waals surface area contributed by atoms with Crippen molar-refractivity contribution in [2.24, 2.45) is 0 Å². The lowest BCUT2D eigenvalue weighted by Gasteiger charge is -2.11. The summed E-state index contributed by atoms with van der Waals surface area (Å²) in [6.07, 6.45) is 21.7. The number of hydrogen-bond donors (Lipinski definition) is 2. The zero-order valence-electron chi connectivity index (χ0n) is 23.7. The van der Waals surface area contributed by atoms with Crippen LogP contribution in [0.15, 0.2) is 30.6 Å². The number of benzene rings is 1. The summed E-state index contributed by atoms with van der Waals surface area (Å²) in [4.78, 5) is 19.6. The van der Waals surface area contributed by atoms with E-state index in [-0.39, 0.29) is 17.3 Å². The summed E-state index contributed by atoms with van der Waals surface area (Å²) in [5, 5.41) is 18.0. The van der Waals surface area contributed by atoms with E-state index in [0.717, 1.165) is 31.4 Å². The topological polar surface area (TPSA) is 102 Å². The van der Waals surface area contributed by atoms with Crippen molar-refractivity contribution >= 4 is 23.0 Å². The van der Waals surface area contributed by atoms with Gasteiger partial charge in [0, 0.05) is 12.2 Å². The monoisotopic (exact) mass is 527 g/mol. The lowest BCUT2D eigenvalue weighted by atomic mass is 10.0. The van der Waals surface area contributed by atoms with Crippen molar-refractivity contribution in [1.82, 2.24) is 9.97 Å². The Kier molecular flexibility index (Phi) is 16.6. The molecule has 0 saturated heterocycles. The van der Waals surface area contributed by atoms with E-state index in [0.29, 0.717) is 18.8 Å². The summed E-state index contributed by atoms with van der Waals surface area (Å²) in [5.41, 5.74) is 0.564. The summed E-state index contributed by atoms with van der Waals surface area (Å²) >= 11 is 0. The van der Waals surface area contributed by atoms with Crippen molar-refractivity contribution in [2.45, 2.75) is 117 Å². The molecule has 38 heavy (non-hydrogen) atoms. The molecule has 0 saturated carbocycles. The van der Waals surface area contributed by atoms with Gasteiger partial charge >= 0.3 is 5.69 Å². The van der Waals surface area contributed by atoms with E-state index in [9.17, 15) is 10.1 Å². The van der Waals surface area contributed by atoms with Crippen LogP contribution in [-0.4, -0.2) is 28.0 Å². The van der Waals surface area contributed by atoms with E-state index in [1.807, 2.05) is 24.3 Å². The van der Waals surface area contributed by atoms with E-state index >= 15 is 0 Å². The minimum absolute atomic E-state index is 0.138. The van der Waals surface area contributed by atoms with Crippen molar-refractivity contribution in [3.8, 4) is 5.75 Å². The highest BCUT2D eigenvalue weighted by molar-refractivity contribution is 5.73. The summed E-state index contributed by atoms with van der Waals surface area (Å²) in [5.74, 6) is 1.20. The molecule has 0 radical (unpaired) electrons. The first kappa shape index (κ1) is 31.3. The number of hydrogen-bond acceptors (Lipinski definition) is 7. The largest absolute Gasteiger partial charge is 0.494 e. The maximum absolute atomic E-state index is 11.8. The number of ether oxygens (including phenoxy) is 1. The van der Waals surface area contributed by atoms with Gasteiger partial charge in [-0.05, 0) is 37.1 Å². The van der Waals surface area contributed by atoms with Gasteiger partial charge in [0.1, 0.15) is 12.1 Å². The molecule has 0 unspecified atom stereocenters. The van der Waals surface area contributed by atoms with Crippen molar-refractivity contribution in [1.29, 1.82) is 0 Å². The molecular weight excluding hydrogens is 478 g/mol. The lowest BCUT2D eigenvalue weighted by molar-refractivity contribution is -0.383. The Morgan fingerprint density at radius 2 is 1.26 bits per heavy atom. The Morgan fingerprint density at radius 1 is 0.737 bits per heavy atom. The average Bonchev–Trinajstić information content (AvgIpc) is 2.92. The third-order valence-electron chi connectivity index (χ3n) is 6.71. The zero-order chi connectivity index (χ0) is 27.3. The minimum Gasteiger partial charge on any atom is -0.494 e. The summed E-state index contributed by atoms with van der Waals surface area (Å²) in [7, 11) is 0. The molecule has 0 aliphatic heterocycles. The number of nitrogens with one attached hydrogen (secondary N) is 2. The van der Waals surface area contributed by atoms with Crippen LogP contribution in [0.25, 0.3) is 0 Å². The second kappa shape index (κ2) is 20.1. The van der Waals surface area contributed by atoms with Gasteiger partial charge in [0.25, 0.3) is 0 Å². The number of aromatic nitrogens is 2. The number of rotatable bonds is 23. The van der Waals surface area contributed by atoms with Gasteiger partial charge in [0.05, 0.1) is 11.5 Å². The molecule has 212 valence electrons. The van der Waals surface area contributed by atoms with Crippen molar-refractivity contribution < 1.29 is 9.66 Å². The standard InChI is InChI=1S/C30H49N5O3/c1-3-5-7-8-9-10-11-12-13-14-15-16-17-18-23-31-29-28(35(36)37)30(33-25-32-29)34-26-19-21-27(22-20-26)38-24-6-4-2/h19-22,25H,3-18,23-24H2,1-2H3,(H2,31,32,33,34). The van der Waals surface area contributed by atoms with Gasteiger partial charge in [-0.3, -0.25) is 10.1 Å². The summed E-state index contributed by atoms with van der Waals surface area (Å²) < 4.78 is 5.68.